The summed E-state index contributed by atoms with van der Waals surface area (Å²) in [5.74, 6) is 1.20. The Morgan fingerprint density at radius 1 is 1.60 bits per heavy atom. The van der Waals surface area contributed by atoms with Crippen molar-refractivity contribution in [2.75, 3.05) is 25.4 Å². The van der Waals surface area contributed by atoms with E-state index in [4.69, 9.17) is 0 Å². The number of amides is 1. The first-order chi connectivity index (χ1) is 7.16. The molecule has 0 bridgehead atoms. The number of aliphatic hydroxyl groups is 1. The van der Waals surface area contributed by atoms with E-state index in [1.165, 1.54) is 0 Å². The van der Waals surface area contributed by atoms with Crippen molar-refractivity contribution < 1.29 is 9.90 Å². The largest absolute Gasteiger partial charge is 0.392 e. The van der Waals surface area contributed by atoms with Crippen LogP contribution in [0.4, 0.5) is 0 Å². The normalized spacial score (nSPS) is 36.9. The van der Waals surface area contributed by atoms with Crippen LogP contribution in [0, 0.1) is 0 Å². The quantitative estimate of drug-likeness (QED) is 0.648. The Morgan fingerprint density at radius 3 is 3.00 bits per heavy atom. The average molecular weight is 230 g/mol. The summed E-state index contributed by atoms with van der Waals surface area (Å²) in [6.07, 6.45) is 0.215. The van der Waals surface area contributed by atoms with Gasteiger partial charge in [0.05, 0.1) is 12.1 Å². The van der Waals surface area contributed by atoms with Crippen LogP contribution in [0.25, 0.3) is 0 Å². The Labute approximate surface area is 94.4 Å². The van der Waals surface area contributed by atoms with E-state index in [-0.39, 0.29) is 18.1 Å². The highest BCUT2D eigenvalue weighted by Crippen LogP contribution is 2.19. The minimum atomic E-state index is -0.351. The fraction of sp³-hybridized carbons (Fsp3) is 0.900. The first-order valence-electron chi connectivity index (χ1n) is 5.48. The molecule has 15 heavy (non-hydrogen) atoms. The number of nitrogens with zero attached hydrogens (tertiary/aromatic N) is 1. The van der Waals surface area contributed by atoms with Crippen molar-refractivity contribution in [2.45, 2.75) is 30.7 Å². The second-order valence-electron chi connectivity index (χ2n) is 4.32. The molecule has 0 aromatic heterocycles. The van der Waals surface area contributed by atoms with Gasteiger partial charge in [-0.05, 0) is 6.42 Å². The van der Waals surface area contributed by atoms with Gasteiger partial charge in [0, 0.05) is 30.6 Å². The zero-order valence-electron chi connectivity index (χ0n) is 8.98. The van der Waals surface area contributed by atoms with Crippen molar-refractivity contribution in [2.24, 2.45) is 0 Å². The van der Waals surface area contributed by atoms with Gasteiger partial charge < -0.3 is 15.3 Å². The van der Waals surface area contributed by atoms with E-state index in [2.05, 4.69) is 12.2 Å². The van der Waals surface area contributed by atoms with Gasteiger partial charge in [-0.2, -0.15) is 11.8 Å². The highest BCUT2D eigenvalue weighted by atomic mass is 32.2. The second kappa shape index (κ2) is 4.72. The molecule has 0 aromatic rings. The van der Waals surface area contributed by atoms with E-state index in [1.807, 2.05) is 16.7 Å². The summed E-state index contributed by atoms with van der Waals surface area (Å²) in [6.45, 7) is 4.40. The van der Waals surface area contributed by atoms with Crippen LogP contribution in [-0.4, -0.2) is 58.7 Å². The second-order valence-corrected chi connectivity index (χ2v) is 5.86. The van der Waals surface area contributed by atoms with E-state index < -0.39 is 0 Å². The van der Waals surface area contributed by atoms with Gasteiger partial charge >= 0.3 is 0 Å². The highest BCUT2D eigenvalue weighted by molar-refractivity contribution is 7.99. The molecule has 2 fully saturated rings. The molecule has 1 amide bonds. The molecule has 2 rings (SSSR count). The van der Waals surface area contributed by atoms with Crippen LogP contribution in [0.1, 0.15) is 13.3 Å². The summed E-state index contributed by atoms with van der Waals surface area (Å²) in [5, 5.41) is 13.0. The standard InChI is InChI=1S/C10H18N2O2S/c1-7-6-12(2-3-15-7)10(14)9-4-8(13)5-11-9/h7-9,11,13H,2-6H2,1H3/t7?,8-,9+/m0/s1. The molecule has 2 saturated heterocycles. The summed E-state index contributed by atoms with van der Waals surface area (Å²) in [7, 11) is 0. The van der Waals surface area contributed by atoms with Gasteiger partial charge in [0.2, 0.25) is 5.91 Å². The number of β-amino-alcohol motifs (C(OH)–C–C–N with tert-alkyl or cyclic N) is 1. The lowest BCUT2D eigenvalue weighted by atomic mass is 10.1. The zero-order chi connectivity index (χ0) is 10.8. The van der Waals surface area contributed by atoms with E-state index >= 15 is 0 Å². The third-order valence-electron chi connectivity index (χ3n) is 2.96. The molecule has 4 nitrogen and oxygen atoms in total. The zero-order valence-corrected chi connectivity index (χ0v) is 9.80. The summed E-state index contributed by atoms with van der Waals surface area (Å²) < 4.78 is 0. The third kappa shape index (κ3) is 2.65. The lowest BCUT2D eigenvalue weighted by molar-refractivity contribution is -0.133. The molecule has 2 aliphatic heterocycles. The maximum atomic E-state index is 12.0. The van der Waals surface area contributed by atoms with Gasteiger partial charge in [-0.3, -0.25) is 4.79 Å². The molecule has 86 valence electrons. The average Bonchev–Trinajstić information content (AvgIpc) is 2.64. The van der Waals surface area contributed by atoms with Gasteiger partial charge in [0.25, 0.3) is 0 Å². The molecule has 0 aliphatic carbocycles. The fourth-order valence-corrected chi connectivity index (χ4v) is 3.16. The first kappa shape index (κ1) is 11.2. The number of carbonyl (C=O) groups is 1. The van der Waals surface area contributed by atoms with Crippen LogP contribution < -0.4 is 5.32 Å². The van der Waals surface area contributed by atoms with Gasteiger partial charge in [0.1, 0.15) is 0 Å². The number of hydrogen-bond acceptors (Lipinski definition) is 4. The Balaban J connectivity index is 1.89. The maximum Gasteiger partial charge on any atom is 0.239 e. The fourth-order valence-electron chi connectivity index (χ4n) is 2.14. The van der Waals surface area contributed by atoms with E-state index in [0.717, 1.165) is 18.8 Å². The molecular formula is C10H18N2O2S. The van der Waals surface area contributed by atoms with Crippen molar-refractivity contribution in [3.63, 3.8) is 0 Å². The van der Waals surface area contributed by atoms with E-state index in [9.17, 15) is 9.90 Å². The molecule has 3 atom stereocenters. The van der Waals surface area contributed by atoms with Gasteiger partial charge in [-0.25, -0.2) is 0 Å². The van der Waals surface area contributed by atoms with Crippen molar-refractivity contribution in [1.82, 2.24) is 10.2 Å². The summed E-state index contributed by atoms with van der Waals surface area (Å²) in [5.41, 5.74) is 0. The molecule has 2 heterocycles. The van der Waals surface area contributed by atoms with E-state index in [0.29, 0.717) is 18.2 Å². The molecule has 2 aliphatic rings. The van der Waals surface area contributed by atoms with Crippen molar-refractivity contribution in [3.05, 3.63) is 0 Å². The van der Waals surface area contributed by atoms with Crippen molar-refractivity contribution in [1.29, 1.82) is 0 Å². The molecule has 2 N–H and O–H groups in total. The van der Waals surface area contributed by atoms with Crippen molar-refractivity contribution >= 4 is 17.7 Å². The van der Waals surface area contributed by atoms with Crippen LogP contribution in [0.2, 0.25) is 0 Å². The number of rotatable bonds is 1. The smallest absolute Gasteiger partial charge is 0.239 e. The van der Waals surface area contributed by atoms with Gasteiger partial charge in [-0.15, -0.1) is 0 Å². The van der Waals surface area contributed by atoms with Crippen LogP contribution >= 0.6 is 11.8 Å². The first-order valence-corrected chi connectivity index (χ1v) is 6.53. The van der Waals surface area contributed by atoms with E-state index in [1.54, 1.807) is 0 Å². The van der Waals surface area contributed by atoms with Crippen LogP contribution in [0.5, 0.6) is 0 Å². The Kier molecular flexibility index (Phi) is 3.53. The monoisotopic (exact) mass is 230 g/mol. The molecule has 0 spiro atoms. The number of carbonyl (C=O) groups excluding carboxylic acids is 1. The molecule has 5 heteroatoms. The maximum absolute atomic E-state index is 12.0. The van der Waals surface area contributed by atoms with Crippen LogP contribution in [0.3, 0.4) is 0 Å². The Morgan fingerprint density at radius 2 is 2.40 bits per heavy atom. The summed E-state index contributed by atoms with van der Waals surface area (Å²) in [6, 6.07) is -0.157. The van der Waals surface area contributed by atoms with Crippen LogP contribution in [0.15, 0.2) is 0 Å². The molecule has 1 unspecified atom stereocenters. The summed E-state index contributed by atoms with van der Waals surface area (Å²) in [4.78, 5) is 14.0. The molecule has 0 aromatic carbocycles. The van der Waals surface area contributed by atoms with Crippen molar-refractivity contribution in [3.8, 4) is 0 Å². The molecule has 0 radical (unpaired) electrons. The minimum Gasteiger partial charge on any atom is -0.392 e. The summed E-state index contributed by atoms with van der Waals surface area (Å²) >= 11 is 1.92. The SMILES string of the molecule is CC1CN(C(=O)[C@H]2C[C@H](O)CN2)CCS1. The topological polar surface area (TPSA) is 52.6 Å². The predicted octanol–water partition coefficient (Wildman–Crippen LogP) is -0.327. The third-order valence-corrected chi connectivity index (χ3v) is 4.09. The Bertz CT molecular complexity index is 250. The van der Waals surface area contributed by atoms with Gasteiger partial charge in [-0.1, -0.05) is 6.92 Å². The lowest BCUT2D eigenvalue weighted by Crippen LogP contribution is -2.48. The Hall–Kier alpha value is -0.260. The van der Waals surface area contributed by atoms with Crippen LogP contribution in [-0.2, 0) is 4.79 Å². The minimum absolute atomic E-state index is 0.157. The number of thioether (sulfide) groups is 1. The number of nitrogens with one attached hydrogen (secondary N) is 1. The number of aliphatic hydroxyl groups excluding tert-OH is 1. The lowest BCUT2D eigenvalue weighted by Gasteiger charge is -2.32. The molecular weight excluding hydrogens is 212 g/mol. The molecule has 0 saturated carbocycles. The number of hydrogen-bond donors (Lipinski definition) is 2. The predicted molar refractivity (Wildman–Crippen MR) is 60.9 cm³/mol. The highest BCUT2D eigenvalue weighted by Gasteiger charge is 2.32. The van der Waals surface area contributed by atoms with Gasteiger partial charge in [0.15, 0.2) is 0 Å².